The van der Waals surface area contributed by atoms with E-state index in [1.807, 2.05) is 20.8 Å². The molecule has 10 atom stereocenters. The number of halogens is 2. The number of rotatable bonds is 26. The summed E-state index contributed by atoms with van der Waals surface area (Å²) < 4.78 is 83.6. The molecule has 11 rings (SSSR count). The van der Waals surface area contributed by atoms with Gasteiger partial charge in [-0.05, 0) is 115 Å². The number of nitrogens with zero attached hydrogens (tertiary/aromatic N) is 16. The van der Waals surface area contributed by atoms with Crippen LogP contribution in [0.5, 0.6) is 0 Å². The fraction of sp³-hybridized carbons (Fsp3) is 0.750. The summed E-state index contributed by atoms with van der Waals surface area (Å²) >= 11 is 12.8. The zero-order valence-corrected chi connectivity index (χ0v) is 60.1. The molecule has 1 amide bonds. The summed E-state index contributed by atoms with van der Waals surface area (Å²) in [6.07, 6.45) is 0.426. The van der Waals surface area contributed by atoms with Crippen molar-refractivity contribution in [3.63, 3.8) is 0 Å². The fourth-order valence-electron chi connectivity index (χ4n) is 12.2. The smallest absolute Gasteiger partial charge is 0.416 e. The Bertz CT molecular complexity index is 3800. The number of hydrogen-bond donors (Lipinski definition) is 7. The molecule has 7 N–H and O–H groups in total. The SMILES string of the molecule is CCOC(=O)C(Cc1nnn(COCC[Si](C)(C)C)n1)(OC[C@H]1O[C@@H](n2ncc3c(N(C(=O)OC(C)(C)C)C4CCCC4)nc(Cl)nc32)[C@@H]2OC(C)(C)O[C@@H]21)P(C)(C)=O.O=P(O)(O)C(CO)(Cc1nn[nH]n1)OC[C@H]1O[C@@H](n2ncc3c(NC4CCCC4)nc(Cl)nc32)[C@H](O)[C@@H]1O. The van der Waals surface area contributed by atoms with Crippen molar-refractivity contribution in [2.75, 3.05) is 56.6 Å². The van der Waals surface area contributed by atoms with Crippen LogP contribution in [-0.4, -0.2) is 243 Å². The van der Waals surface area contributed by atoms with Gasteiger partial charge in [-0.1, -0.05) is 50.5 Å². The number of hydrogen-bond acceptors (Lipinski definition) is 29. The third-order valence-electron chi connectivity index (χ3n) is 17.1. The number of tetrazole rings is 2. The first-order valence-electron chi connectivity index (χ1n) is 32.0. The molecule has 6 aromatic rings. The largest absolute Gasteiger partial charge is 0.463 e. The van der Waals surface area contributed by atoms with E-state index >= 15 is 0 Å². The van der Waals surface area contributed by atoms with Crippen LogP contribution < -0.4 is 10.2 Å². The van der Waals surface area contributed by atoms with Gasteiger partial charge in [-0.15, -0.1) is 25.2 Å². The summed E-state index contributed by atoms with van der Waals surface area (Å²) in [5.74, 6) is -1.12. The number of fused-ring (bicyclic) bond motifs is 3. The fourth-order valence-corrected chi connectivity index (χ4v) is 15.4. The topological polar surface area (TPSA) is 453 Å². The third-order valence-corrected chi connectivity index (χ3v) is 22.9. The first-order valence-corrected chi connectivity index (χ1v) is 40.7. The average molecular weight is 1460 g/mol. The van der Waals surface area contributed by atoms with Crippen LogP contribution in [0.2, 0.25) is 36.3 Å². The minimum Gasteiger partial charge on any atom is -0.463 e. The Morgan fingerprint density at radius 1 is 0.835 bits per heavy atom. The molecule has 6 aromatic heterocycles. The molecule has 41 heteroatoms. The molecule has 2 aliphatic carbocycles. The zero-order chi connectivity index (χ0) is 70.2. The zero-order valence-electron chi connectivity index (χ0n) is 55.8. The molecular weight excluding hydrogens is 1370 g/mol. The number of H-pyrrole nitrogens is 1. The number of carbonyl (C=O) groups is 2. The summed E-state index contributed by atoms with van der Waals surface area (Å²) in [4.78, 5) is 68.0. The van der Waals surface area contributed by atoms with E-state index < -0.39 is 126 Å². The summed E-state index contributed by atoms with van der Waals surface area (Å²) in [6.45, 7) is 19.0. The molecule has 2 unspecified atom stereocenters. The Labute approximate surface area is 568 Å². The van der Waals surface area contributed by atoms with Crippen LogP contribution in [0.1, 0.15) is 117 Å². The van der Waals surface area contributed by atoms with Crippen molar-refractivity contribution >= 4 is 91.8 Å². The number of nitrogens with one attached hydrogen (secondary N) is 2. The minimum absolute atomic E-state index is 0.0116. The standard InChI is InChI=1S/C37H59ClN9O10PSi.C19H27ClN9O8P/c1-12-52-32(48)37(58(7,8)50,19-26-42-44-45(43-26)22-51-17-18-59(9,10)11)53-21-25-27-28(56-36(5,6)55-27)31(54-25)47-30-24(20-39-47)29(40-33(38)41-30)46(23-15-13-14-16-23)34(49)57-35(2,3)4;20-18-23-15(22-9-3-1-2-4-9)10-6-21-29(16(10)24-18)17-14(32)13(31)11(37-17)7-36-19(8-30,38(33,34)35)5-12-25-27-28-26-12/h20,23,25,27-28,31H,12-19,21-22H2,1-11H3;6,9,11,13-14,17,30-32H,1-5,7-8H2,(H,22,23,24)(H2,33,34,35)(H,25,26,27,28)/t25-,27-,28-,31-,37?;11-,13-,14-,17-,19?/m11/s1. The van der Waals surface area contributed by atoms with Crippen molar-refractivity contribution in [3.8, 4) is 0 Å². The van der Waals surface area contributed by atoms with Crippen LogP contribution >= 0.6 is 37.9 Å². The van der Waals surface area contributed by atoms with Crippen molar-refractivity contribution < 1.29 is 86.5 Å². The number of aromatic amines is 1. The van der Waals surface area contributed by atoms with Crippen LogP contribution in [0.4, 0.5) is 16.4 Å². The normalized spacial score (nSPS) is 24.5. The Hall–Kier alpha value is -5.44. The van der Waals surface area contributed by atoms with Gasteiger partial charge in [0.15, 0.2) is 59.1 Å². The average Bonchev–Trinajstić information content (AvgIpc) is 1.60. The first kappa shape index (κ1) is 74.3. The number of esters is 1. The molecule has 0 aromatic carbocycles. The summed E-state index contributed by atoms with van der Waals surface area (Å²) in [7, 11) is -9.93. The Balaban J connectivity index is 0.000000231. The van der Waals surface area contributed by atoms with Crippen LogP contribution in [0.15, 0.2) is 12.4 Å². The number of carbonyl (C=O) groups excluding carboxylic acids is 2. The molecule has 36 nitrogen and oxygen atoms in total. The van der Waals surface area contributed by atoms with Crippen LogP contribution in [-0.2, 0) is 76.1 Å². The maximum absolute atomic E-state index is 14.2. The Kier molecular flexibility index (Phi) is 22.7. The van der Waals surface area contributed by atoms with Gasteiger partial charge in [0.25, 0.3) is 0 Å². The highest BCUT2D eigenvalue weighted by Gasteiger charge is 2.60. The predicted octanol–water partition coefficient (Wildman–Crippen LogP) is 5.11. The summed E-state index contributed by atoms with van der Waals surface area (Å²) in [5.41, 5.74) is -0.216. The van der Waals surface area contributed by atoms with E-state index in [4.69, 9.17) is 65.8 Å². The van der Waals surface area contributed by atoms with E-state index in [0.29, 0.717) is 23.2 Å². The van der Waals surface area contributed by atoms with Gasteiger partial charge >= 0.3 is 19.7 Å². The molecule has 97 heavy (non-hydrogen) atoms. The first-order chi connectivity index (χ1) is 45.6. The lowest BCUT2D eigenvalue weighted by atomic mass is 10.1. The van der Waals surface area contributed by atoms with E-state index in [-0.39, 0.29) is 77.8 Å². The molecule has 2 saturated carbocycles. The molecule has 9 heterocycles. The van der Waals surface area contributed by atoms with Crippen LogP contribution in [0.25, 0.3) is 22.1 Å². The number of aromatic nitrogens is 16. The molecular formula is C56H86Cl2N18O18P2Si. The van der Waals surface area contributed by atoms with Gasteiger partial charge in [-0.2, -0.15) is 35.3 Å². The molecule has 5 aliphatic rings. The molecule has 536 valence electrons. The van der Waals surface area contributed by atoms with E-state index in [0.717, 1.165) is 57.4 Å². The van der Waals surface area contributed by atoms with Gasteiger partial charge in [0.05, 0.1) is 62.4 Å². The van der Waals surface area contributed by atoms with Gasteiger partial charge in [0.1, 0.15) is 55.2 Å². The third kappa shape index (κ3) is 16.8. The van der Waals surface area contributed by atoms with Crippen molar-refractivity contribution in [1.29, 1.82) is 0 Å². The van der Waals surface area contributed by atoms with Gasteiger partial charge in [-0.25, -0.2) is 19.0 Å². The highest BCUT2D eigenvalue weighted by Crippen LogP contribution is 2.56. The monoisotopic (exact) mass is 1460 g/mol. The van der Waals surface area contributed by atoms with Gasteiger partial charge in [-0.3, -0.25) is 9.46 Å². The molecule has 3 saturated heterocycles. The number of ether oxygens (including phenoxy) is 9. The molecule has 5 fully saturated rings. The second-order valence-electron chi connectivity index (χ2n) is 27.6. The van der Waals surface area contributed by atoms with Crippen molar-refractivity contribution in [2.24, 2.45) is 0 Å². The number of aliphatic hydroxyl groups is 3. The molecule has 0 bridgehead atoms. The van der Waals surface area contributed by atoms with Gasteiger partial charge in [0.2, 0.25) is 15.9 Å². The van der Waals surface area contributed by atoms with Crippen LogP contribution in [0.3, 0.4) is 0 Å². The van der Waals surface area contributed by atoms with Gasteiger partial charge in [0, 0.05) is 26.8 Å². The summed E-state index contributed by atoms with van der Waals surface area (Å²) in [6, 6.07) is 1.04. The second kappa shape index (κ2) is 29.6. The van der Waals surface area contributed by atoms with E-state index in [1.54, 1.807) is 31.9 Å². The Morgan fingerprint density at radius 3 is 2.09 bits per heavy atom. The van der Waals surface area contributed by atoms with Gasteiger partial charge < -0.3 is 77.6 Å². The molecule has 0 radical (unpaired) electrons. The predicted molar refractivity (Wildman–Crippen MR) is 347 cm³/mol. The van der Waals surface area contributed by atoms with Crippen molar-refractivity contribution in [2.45, 2.75) is 221 Å². The molecule has 0 spiro atoms. The lowest BCUT2D eigenvalue weighted by Gasteiger charge is -2.35. The number of amides is 1. The highest BCUT2D eigenvalue weighted by atomic mass is 35.5. The van der Waals surface area contributed by atoms with E-state index in [1.165, 1.54) is 33.7 Å². The lowest BCUT2D eigenvalue weighted by Crippen LogP contribution is -2.47. The Morgan fingerprint density at radius 2 is 1.46 bits per heavy atom. The van der Waals surface area contributed by atoms with Crippen molar-refractivity contribution in [3.05, 3.63) is 34.6 Å². The van der Waals surface area contributed by atoms with Crippen LogP contribution in [0, 0.1) is 0 Å². The van der Waals surface area contributed by atoms with E-state index in [2.05, 4.69) is 91.1 Å². The minimum atomic E-state index is -5.11. The van der Waals surface area contributed by atoms with E-state index in [9.17, 15) is 43.8 Å². The number of aliphatic hydroxyl groups excluding tert-OH is 3. The second-order valence-corrected chi connectivity index (χ2v) is 39.3. The highest BCUT2D eigenvalue weighted by molar-refractivity contribution is 7.64. The quantitative estimate of drug-likeness (QED) is 0.0122. The van der Waals surface area contributed by atoms with Crippen molar-refractivity contribution in [1.82, 2.24) is 80.3 Å². The lowest BCUT2D eigenvalue weighted by molar-refractivity contribution is -0.207. The summed E-state index contributed by atoms with van der Waals surface area (Å²) in [5, 5.41) is 65.4. The number of anilines is 2. The maximum Gasteiger partial charge on any atom is 0.416 e. The molecule has 3 aliphatic heterocycles. The maximum atomic E-state index is 14.2.